The maximum absolute atomic E-state index is 6.36. The SMILES string of the molecule is CCOc1cc(Cl)c(C(Br)CC2CC(OCC)C2)cc1Cl. The van der Waals surface area contributed by atoms with Gasteiger partial charge in [-0.15, -0.1) is 0 Å². The van der Waals surface area contributed by atoms with Crippen LogP contribution in [0.1, 0.15) is 43.5 Å². The molecule has 1 aromatic carbocycles. The van der Waals surface area contributed by atoms with Gasteiger partial charge in [0.1, 0.15) is 5.75 Å². The number of alkyl halides is 1. The summed E-state index contributed by atoms with van der Waals surface area (Å²) < 4.78 is 11.1. The Labute approximate surface area is 145 Å². The summed E-state index contributed by atoms with van der Waals surface area (Å²) in [7, 11) is 0. The van der Waals surface area contributed by atoms with Crippen molar-refractivity contribution in [2.24, 2.45) is 5.92 Å². The molecule has 0 spiro atoms. The van der Waals surface area contributed by atoms with Crippen LogP contribution in [0.5, 0.6) is 5.75 Å². The van der Waals surface area contributed by atoms with Gasteiger partial charge < -0.3 is 9.47 Å². The Morgan fingerprint density at radius 1 is 1.19 bits per heavy atom. The highest BCUT2D eigenvalue weighted by molar-refractivity contribution is 9.09. The molecule has 0 aliphatic heterocycles. The average molecular weight is 396 g/mol. The molecule has 0 aromatic heterocycles. The molecule has 5 heteroatoms. The molecule has 1 atom stereocenters. The summed E-state index contributed by atoms with van der Waals surface area (Å²) in [4.78, 5) is 0.214. The largest absolute Gasteiger partial charge is 0.492 e. The van der Waals surface area contributed by atoms with Crippen LogP contribution in [-0.4, -0.2) is 19.3 Å². The molecule has 1 aliphatic carbocycles. The highest BCUT2D eigenvalue weighted by Gasteiger charge is 2.31. The smallest absolute Gasteiger partial charge is 0.139 e. The fraction of sp³-hybridized carbons (Fsp3) is 0.625. The summed E-state index contributed by atoms with van der Waals surface area (Å²) in [6.07, 6.45) is 3.77. The fourth-order valence-electron chi connectivity index (χ4n) is 2.71. The molecule has 0 saturated heterocycles. The summed E-state index contributed by atoms with van der Waals surface area (Å²) in [5, 5.41) is 1.31. The highest BCUT2D eigenvalue weighted by atomic mass is 79.9. The van der Waals surface area contributed by atoms with Gasteiger partial charge in [0.2, 0.25) is 0 Å². The topological polar surface area (TPSA) is 18.5 Å². The summed E-state index contributed by atoms with van der Waals surface area (Å²) in [6.45, 7) is 5.35. The van der Waals surface area contributed by atoms with E-state index in [9.17, 15) is 0 Å². The van der Waals surface area contributed by atoms with Crippen LogP contribution in [0.25, 0.3) is 0 Å². The van der Waals surface area contributed by atoms with Crippen LogP contribution in [-0.2, 0) is 4.74 Å². The number of rotatable bonds is 7. The third-order valence-electron chi connectivity index (χ3n) is 3.82. The minimum Gasteiger partial charge on any atom is -0.492 e. The van der Waals surface area contributed by atoms with E-state index in [0.717, 1.165) is 31.4 Å². The maximum Gasteiger partial charge on any atom is 0.139 e. The predicted octanol–water partition coefficient (Wildman–Crippen LogP) is 6.03. The molecule has 2 nitrogen and oxygen atoms in total. The number of halogens is 3. The first kappa shape index (κ1) is 17.4. The zero-order valence-electron chi connectivity index (χ0n) is 12.4. The Kier molecular flexibility index (Phi) is 6.67. The molecule has 1 aliphatic rings. The number of hydrogen-bond donors (Lipinski definition) is 0. The second-order valence-corrected chi connectivity index (χ2v) is 7.27. The molecule has 0 radical (unpaired) electrons. The Balaban J connectivity index is 1.96. The van der Waals surface area contributed by atoms with Crippen LogP contribution in [0.15, 0.2) is 12.1 Å². The van der Waals surface area contributed by atoms with Crippen molar-refractivity contribution >= 4 is 39.1 Å². The van der Waals surface area contributed by atoms with Crippen molar-refractivity contribution in [2.45, 2.75) is 44.0 Å². The van der Waals surface area contributed by atoms with Gasteiger partial charge in [-0.1, -0.05) is 39.1 Å². The second kappa shape index (κ2) is 8.05. The second-order valence-electron chi connectivity index (χ2n) is 5.36. The van der Waals surface area contributed by atoms with E-state index in [2.05, 4.69) is 15.9 Å². The van der Waals surface area contributed by atoms with E-state index in [1.165, 1.54) is 0 Å². The standard InChI is InChI=1S/C16H21BrCl2O2/c1-3-20-11-5-10(6-11)7-13(17)12-8-15(19)16(21-4-2)9-14(12)18/h8-11,13H,3-7H2,1-2H3. The summed E-state index contributed by atoms with van der Waals surface area (Å²) in [6, 6.07) is 3.72. The van der Waals surface area contributed by atoms with Gasteiger partial charge in [0.05, 0.1) is 17.7 Å². The van der Waals surface area contributed by atoms with Gasteiger partial charge in [0, 0.05) is 22.5 Å². The lowest BCUT2D eigenvalue weighted by atomic mass is 9.78. The molecule has 118 valence electrons. The molecule has 1 saturated carbocycles. The van der Waals surface area contributed by atoms with Crippen molar-refractivity contribution in [3.8, 4) is 5.75 Å². The molecular formula is C16H21BrCl2O2. The summed E-state index contributed by atoms with van der Waals surface area (Å²) in [5.41, 5.74) is 1.03. The fourth-order valence-corrected chi connectivity index (χ4v) is 4.26. The lowest BCUT2D eigenvalue weighted by Crippen LogP contribution is -2.31. The molecule has 0 bridgehead atoms. The van der Waals surface area contributed by atoms with Crippen LogP contribution < -0.4 is 4.74 Å². The van der Waals surface area contributed by atoms with Crippen molar-refractivity contribution in [2.75, 3.05) is 13.2 Å². The average Bonchev–Trinajstić information content (AvgIpc) is 2.40. The van der Waals surface area contributed by atoms with Crippen molar-refractivity contribution < 1.29 is 9.47 Å². The maximum atomic E-state index is 6.36. The van der Waals surface area contributed by atoms with Crippen molar-refractivity contribution in [3.05, 3.63) is 27.7 Å². The van der Waals surface area contributed by atoms with E-state index in [-0.39, 0.29) is 4.83 Å². The quantitative estimate of drug-likeness (QED) is 0.524. The first-order chi connectivity index (χ1) is 10.0. The van der Waals surface area contributed by atoms with Gasteiger partial charge in [-0.2, -0.15) is 0 Å². The Morgan fingerprint density at radius 3 is 2.52 bits per heavy atom. The van der Waals surface area contributed by atoms with Gasteiger partial charge in [-0.3, -0.25) is 0 Å². The van der Waals surface area contributed by atoms with Gasteiger partial charge in [-0.25, -0.2) is 0 Å². The molecule has 0 heterocycles. The zero-order valence-corrected chi connectivity index (χ0v) is 15.5. The highest BCUT2D eigenvalue weighted by Crippen LogP contribution is 2.44. The molecule has 21 heavy (non-hydrogen) atoms. The van der Waals surface area contributed by atoms with Gasteiger partial charge in [0.15, 0.2) is 0 Å². The third kappa shape index (κ3) is 4.51. The summed E-state index contributed by atoms with van der Waals surface area (Å²) in [5.74, 6) is 1.33. The van der Waals surface area contributed by atoms with E-state index in [4.69, 9.17) is 32.7 Å². The minimum atomic E-state index is 0.214. The van der Waals surface area contributed by atoms with E-state index in [1.807, 2.05) is 19.9 Å². The number of ether oxygens (including phenoxy) is 2. The third-order valence-corrected chi connectivity index (χ3v) is 5.31. The Hall–Kier alpha value is 0.0400. The predicted molar refractivity (Wildman–Crippen MR) is 92.1 cm³/mol. The van der Waals surface area contributed by atoms with Crippen LogP contribution >= 0.6 is 39.1 Å². The Bertz CT molecular complexity index is 476. The van der Waals surface area contributed by atoms with Crippen LogP contribution in [0, 0.1) is 5.92 Å². The zero-order chi connectivity index (χ0) is 15.4. The van der Waals surface area contributed by atoms with E-state index >= 15 is 0 Å². The van der Waals surface area contributed by atoms with Crippen molar-refractivity contribution in [1.82, 2.24) is 0 Å². The van der Waals surface area contributed by atoms with Gasteiger partial charge in [-0.05, 0) is 50.7 Å². The molecule has 0 amide bonds. The van der Waals surface area contributed by atoms with E-state index < -0.39 is 0 Å². The lowest BCUT2D eigenvalue weighted by Gasteiger charge is -2.36. The first-order valence-corrected chi connectivity index (χ1v) is 9.09. The lowest BCUT2D eigenvalue weighted by molar-refractivity contribution is -0.0264. The minimum absolute atomic E-state index is 0.214. The van der Waals surface area contributed by atoms with Crippen LogP contribution in [0.2, 0.25) is 10.0 Å². The summed E-state index contributed by atoms with van der Waals surface area (Å²) >= 11 is 16.4. The molecule has 2 rings (SSSR count). The van der Waals surface area contributed by atoms with Crippen LogP contribution in [0.3, 0.4) is 0 Å². The first-order valence-electron chi connectivity index (χ1n) is 7.42. The molecule has 1 aromatic rings. The number of benzene rings is 1. The van der Waals surface area contributed by atoms with Gasteiger partial charge in [0.25, 0.3) is 0 Å². The molecule has 1 unspecified atom stereocenters. The molecule has 1 fully saturated rings. The molecular weight excluding hydrogens is 375 g/mol. The van der Waals surface area contributed by atoms with E-state index in [0.29, 0.717) is 34.4 Å². The van der Waals surface area contributed by atoms with Crippen LogP contribution in [0.4, 0.5) is 0 Å². The van der Waals surface area contributed by atoms with Gasteiger partial charge >= 0.3 is 0 Å². The molecule has 0 N–H and O–H groups in total. The monoisotopic (exact) mass is 394 g/mol. The van der Waals surface area contributed by atoms with E-state index in [1.54, 1.807) is 6.07 Å². The normalized spacial score (nSPS) is 22.7. The van der Waals surface area contributed by atoms with Crippen molar-refractivity contribution in [1.29, 1.82) is 0 Å². The van der Waals surface area contributed by atoms with Crippen molar-refractivity contribution in [3.63, 3.8) is 0 Å². The Morgan fingerprint density at radius 2 is 1.90 bits per heavy atom. The number of hydrogen-bond acceptors (Lipinski definition) is 2.